The van der Waals surface area contributed by atoms with Gasteiger partial charge in [-0.25, -0.2) is 4.98 Å². The molecule has 3 aromatic rings. The van der Waals surface area contributed by atoms with Crippen molar-refractivity contribution in [1.82, 2.24) is 25.1 Å². The van der Waals surface area contributed by atoms with Crippen LogP contribution in [0.5, 0.6) is 0 Å². The van der Waals surface area contributed by atoms with Crippen molar-refractivity contribution in [3.05, 3.63) is 83.8 Å². The van der Waals surface area contributed by atoms with E-state index in [4.69, 9.17) is 0 Å². The maximum Gasteiger partial charge on any atom is 0.269 e. The van der Waals surface area contributed by atoms with Crippen LogP contribution in [0.15, 0.2) is 66.9 Å². The highest BCUT2D eigenvalue weighted by atomic mass is 16.1. The zero-order chi connectivity index (χ0) is 23.6. The topological polar surface area (TPSA) is 73.4 Å². The molecule has 3 heterocycles. The van der Waals surface area contributed by atoms with Crippen LogP contribution in [-0.2, 0) is 0 Å². The Morgan fingerprint density at radius 2 is 1.79 bits per heavy atom. The van der Waals surface area contributed by atoms with Crippen LogP contribution >= 0.6 is 0 Å². The highest BCUT2D eigenvalue weighted by molar-refractivity contribution is 5.92. The van der Waals surface area contributed by atoms with Crippen molar-refractivity contribution < 1.29 is 4.79 Å². The van der Waals surface area contributed by atoms with Crippen LogP contribution < -0.4 is 10.6 Å². The van der Waals surface area contributed by atoms with Gasteiger partial charge in [-0.2, -0.15) is 0 Å². The van der Waals surface area contributed by atoms with Gasteiger partial charge in [0.05, 0.1) is 5.69 Å². The van der Waals surface area contributed by atoms with Crippen LogP contribution in [0.4, 0.5) is 11.5 Å². The molecular weight excluding hydrogens is 424 g/mol. The first-order valence-electron chi connectivity index (χ1n) is 11.8. The summed E-state index contributed by atoms with van der Waals surface area (Å²) >= 11 is 0. The van der Waals surface area contributed by atoms with Gasteiger partial charge < -0.3 is 20.4 Å². The van der Waals surface area contributed by atoms with E-state index in [2.05, 4.69) is 37.4 Å². The summed E-state index contributed by atoms with van der Waals surface area (Å²) in [7, 11) is 2.16. The number of amides is 1. The Hall–Kier alpha value is -3.55. The molecule has 2 aromatic heterocycles. The maximum absolute atomic E-state index is 12.5. The van der Waals surface area contributed by atoms with E-state index in [0.717, 1.165) is 56.1 Å². The zero-order valence-corrected chi connectivity index (χ0v) is 19.7. The number of carbonyl (C=O) groups excluding carboxylic acids is 1. The number of hydrogen-bond acceptors (Lipinski definition) is 6. The summed E-state index contributed by atoms with van der Waals surface area (Å²) in [6, 6.07) is 19.3. The van der Waals surface area contributed by atoms with Crippen LogP contribution in [-0.4, -0.2) is 72.0 Å². The SMILES string of the molecule is CN1CCN(CCCNC(=O)c2cccc(Nc3ccc(/C=C/c4ccccn4)cc3)n2)CC1. The van der Waals surface area contributed by atoms with Gasteiger partial charge in [0, 0.05) is 44.6 Å². The summed E-state index contributed by atoms with van der Waals surface area (Å²) < 4.78 is 0. The molecule has 0 unspecified atom stereocenters. The molecule has 34 heavy (non-hydrogen) atoms. The Morgan fingerprint density at radius 3 is 2.56 bits per heavy atom. The van der Waals surface area contributed by atoms with E-state index >= 15 is 0 Å². The van der Waals surface area contributed by atoms with Crippen molar-refractivity contribution in [3.8, 4) is 0 Å². The van der Waals surface area contributed by atoms with Gasteiger partial charge in [0.2, 0.25) is 0 Å². The average molecular weight is 457 g/mol. The Balaban J connectivity index is 1.25. The molecule has 1 amide bonds. The quantitative estimate of drug-likeness (QED) is 0.478. The first kappa shape index (κ1) is 23.6. The van der Waals surface area contributed by atoms with Crippen LogP contribution in [0, 0.1) is 0 Å². The van der Waals surface area contributed by atoms with E-state index in [1.54, 1.807) is 12.3 Å². The minimum absolute atomic E-state index is 0.142. The lowest BCUT2D eigenvalue weighted by molar-refractivity contribution is 0.0944. The Labute approximate surface area is 201 Å². The fourth-order valence-corrected chi connectivity index (χ4v) is 3.78. The minimum Gasteiger partial charge on any atom is -0.351 e. The number of piperazine rings is 1. The second-order valence-corrected chi connectivity index (χ2v) is 8.50. The Kier molecular flexibility index (Phi) is 8.38. The second kappa shape index (κ2) is 12.1. The maximum atomic E-state index is 12.5. The molecular formula is C27H32N6O. The van der Waals surface area contributed by atoms with Gasteiger partial charge >= 0.3 is 0 Å². The first-order chi connectivity index (χ1) is 16.7. The molecule has 4 rings (SSSR count). The summed E-state index contributed by atoms with van der Waals surface area (Å²) in [4.78, 5) is 26.1. The third-order valence-corrected chi connectivity index (χ3v) is 5.83. The molecule has 0 bridgehead atoms. The van der Waals surface area contributed by atoms with Gasteiger partial charge in [-0.3, -0.25) is 9.78 Å². The molecule has 0 aliphatic carbocycles. The molecule has 0 atom stereocenters. The Morgan fingerprint density at radius 1 is 0.971 bits per heavy atom. The lowest BCUT2D eigenvalue weighted by Gasteiger charge is -2.32. The summed E-state index contributed by atoms with van der Waals surface area (Å²) in [6.07, 6.45) is 6.73. The molecule has 7 heteroatoms. The van der Waals surface area contributed by atoms with Gasteiger partial charge in [0.1, 0.15) is 11.5 Å². The summed E-state index contributed by atoms with van der Waals surface area (Å²) in [5.74, 6) is 0.499. The molecule has 1 aliphatic heterocycles. The molecule has 1 aromatic carbocycles. The minimum atomic E-state index is -0.142. The number of pyridine rings is 2. The van der Waals surface area contributed by atoms with E-state index in [1.165, 1.54) is 0 Å². The number of benzene rings is 1. The largest absolute Gasteiger partial charge is 0.351 e. The van der Waals surface area contributed by atoms with Crippen LogP contribution in [0.1, 0.15) is 28.2 Å². The average Bonchev–Trinajstić information content (AvgIpc) is 2.88. The molecule has 0 saturated carbocycles. The van der Waals surface area contributed by atoms with Gasteiger partial charge in [-0.05, 0) is 68.1 Å². The number of nitrogens with zero attached hydrogens (tertiary/aromatic N) is 4. The van der Waals surface area contributed by atoms with Crippen molar-refractivity contribution in [2.24, 2.45) is 0 Å². The predicted molar refractivity (Wildman–Crippen MR) is 138 cm³/mol. The molecule has 0 spiro atoms. The lowest BCUT2D eigenvalue weighted by Crippen LogP contribution is -2.45. The Bertz CT molecular complexity index is 1080. The summed E-state index contributed by atoms with van der Waals surface area (Å²) in [5, 5.41) is 6.27. The molecule has 176 valence electrons. The number of likely N-dealkylation sites (N-methyl/N-ethyl adjacent to an activating group) is 1. The number of aromatic nitrogens is 2. The van der Waals surface area contributed by atoms with E-state index in [0.29, 0.717) is 18.1 Å². The molecule has 1 aliphatic rings. The van der Waals surface area contributed by atoms with Crippen LogP contribution in [0.2, 0.25) is 0 Å². The third-order valence-electron chi connectivity index (χ3n) is 5.83. The number of carbonyl (C=O) groups is 1. The second-order valence-electron chi connectivity index (χ2n) is 8.50. The molecule has 1 saturated heterocycles. The number of hydrogen-bond donors (Lipinski definition) is 2. The van der Waals surface area contributed by atoms with E-state index < -0.39 is 0 Å². The molecule has 2 N–H and O–H groups in total. The third kappa shape index (κ3) is 7.23. The molecule has 7 nitrogen and oxygen atoms in total. The summed E-state index contributed by atoms with van der Waals surface area (Å²) in [5.41, 5.74) is 3.32. The van der Waals surface area contributed by atoms with Crippen LogP contribution in [0.3, 0.4) is 0 Å². The number of rotatable bonds is 9. The van der Waals surface area contributed by atoms with Gasteiger partial charge in [0.25, 0.3) is 5.91 Å². The number of nitrogens with one attached hydrogen (secondary N) is 2. The normalized spacial score (nSPS) is 14.9. The van der Waals surface area contributed by atoms with Crippen LogP contribution in [0.25, 0.3) is 12.2 Å². The van der Waals surface area contributed by atoms with Crippen molar-refractivity contribution in [1.29, 1.82) is 0 Å². The zero-order valence-electron chi connectivity index (χ0n) is 19.7. The standard InChI is InChI=1S/C27H32N6O/c1-32-18-20-33(21-19-32)17-5-16-29-27(34)25-7-4-8-26(31-25)30-24-13-10-22(11-14-24)9-12-23-6-2-3-15-28-23/h2-4,6-15H,5,16-21H2,1H3,(H,29,34)(H,30,31)/b12-9+. The van der Waals surface area contributed by atoms with Gasteiger partial charge in [-0.1, -0.05) is 30.3 Å². The smallest absolute Gasteiger partial charge is 0.269 e. The number of anilines is 2. The van der Waals surface area contributed by atoms with Crippen molar-refractivity contribution in [2.45, 2.75) is 6.42 Å². The van der Waals surface area contributed by atoms with Crippen molar-refractivity contribution in [2.75, 3.05) is 51.6 Å². The van der Waals surface area contributed by atoms with Crippen molar-refractivity contribution >= 4 is 29.6 Å². The van der Waals surface area contributed by atoms with E-state index in [1.807, 2.05) is 66.7 Å². The lowest BCUT2D eigenvalue weighted by atomic mass is 10.2. The van der Waals surface area contributed by atoms with Gasteiger partial charge in [0.15, 0.2) is 0 Å². The molecule has 0 radical (unpaired) electrons. The fourth-order valence-electron chi connectivity index (χ4n) is 3.78. The van der Waals surface area contributed by atoms with Crippen molar-refractivity contribution in [3.63, 3.8) is 0 Å². The fraction of sp³-hybridized carbons (Fsp3) is 0.296. The highest BCUT2D eigenvalue weighted by Crippen LogP contribution is 2.17. The molecule has 1 fully saturated rings. The highest BCUT2D eigenvalue weighted by Gasteiger charge is 2.13. The van der Waals surface area contributed by atoms with Gasteiger partial charge in [-0.15, -0.1) is 0 Å². The van der Waals surface area contributed by atoms with E-state index in [9.17, 15) is 4.79 Å². The first-order valence-corrected chi connectivity index (χ1v) is 11.8. The summed E-state index contributed by atoms with van der Waals surface area (Å²) in [6.45, 7) is 6.08. The monoisotopic (exact) mass is 456 g/mol. The predicted octanol–water partition coefficient (Wildman–Crippen LogP) is 3.76. The van der Waals surface area contributed by atoms with E-state index in [-0.39, 0.29) is 5.91 Å².